The predicted molar refractivity (Wildman–Crippen MR) is 139 cm³/mol. The molecule has 0 aliphatic carbocycles. The van der Waals surface area contributed by atoms with Crippen molar-refractivity contribution in [3.05, 3.63) is 106 Å². The Morgan fingerprint density at radius 3 is 2.50 bits per heavy atom. The molecule has 1 unspecified atom stereocenters. The van der Waals surface area contributed by atoms with Crippen LogP contribution in [0.5, 0.6) is 0 Å². The molecule has 0 bridgehead atoms. The second-order valence-electron chi connectivity index (χ2n) is 9.18. The largest absolute Gasteiger partial charge is 0.417 e. The van der Waals surface area contributed by atoms with E-state index in [1.807, 2.05) is 0 Å². The molecule has 3 aromatic heterocycles. The molecule has 2 N–H and O–H groups in total. The molecule has 0 spiro atoms. The molecule has 42 heavy (non-hydrogen) atoms. The Bertz CT molecular complexity index is 1590. The molecule has 15 heteroatoms. The van der Waals surface area contributed by atoms with E-state index in [4.69, 9.17) is 0 Å². The zero-order valence-electron chi connectivity index (χ0n) is 21.8. The molecule has 4 rings (SSSR count). The number of benzene rings is 1. The number of halogens is 5. The number of carbonyl (C=O) groups is 2. The van der Waals surface area contributed by atoms with Gasteiger partial charge in [0.1, 0.15) is 6.17 Å². The highest BCUT2D eigenvalue weighted by Gasteiger charge is 2.30. The zero-order chi connectivity index (χ0) is 30.3. The number of rotatable bonds is 11. The van der Waals surface area contributed by atoms with Gasteiger partial charge in [0.25, 0.3) is 11.5 Å². The third-order valence-electron chi connectivity index (χ3n) is 6.01. The van der Waals surface area contributed by atoms with Gasteiger partial charge in [0.05, 0.1) is 42.7 Å². The fourth-order valence-corrected chi connectivity index (χ4v) is 3.82. The average molecular weight is 590 g/mol. The molecule has 10 nitrogen and oxygen atoms in total. The van der Waals surface area contributed by atoms with Crippen molar-refractivity contribution < 1.29 is 31.5 Å². The van der Waals surface area contributed by atoms with Gasteiger partial charge < -0.3 is 15.2 Å². The van der Waals surface area contributed by atoms with Crippen LogP contribution in [0, 0.1) is 5.82 Å². The molecule has 0 aliphatic heterocycles. The first-order chi connectivity index (χ1) is 20.0. The van der Waals surface area contributed by atoms with Gasteiger partial charge in [-0.15, -0.1) is 5.10 Å². The van der Waals surface area contributed by atoms with Crippen LogP contribution in [0.1, 0.15) is 33.7 Å². The van der Waals surface area contributed by atoms with E-state index in [1.54, 1.807) is 30.3 Å². The SMILES string of the molecule is O=C(Cc1ccccc1)Nc1ccn(CCC(F)Cn2cc(C(=O)NCc3ccc(C(F)(F)F)cn3)nn2)c(=O)c1F. The maximum Gasteiger partial charge on any atom is 0.417 e. The van der Waals surface area contributed by atoms with Gasteiger partial charge in [0, 0.05) is 18.9 Å². The summed E-state index contributed by atoms with van der Waals surface area (Å²) in [5.41, 5.74) is -1.48. The number of nitrogens with zero attached hydrogens (tertiary/aromatic N) is 5. The van der Waals surface area contributed by atoms with Gasteiger partial charge >= 0.3 is 6.18 Å². The third-order valence-corrected chi connectivity index (χ3v) is 6.01. The van der Waals surface area contributed by atoms with Crippen LogP contribution in [0.4, 0.5) is 27.6 Å². The number of hydrogen-bond acceptors (Lipinski definition) is 6. The Balaban J connectivity index is 1.25. The molecule has 0 saturated heterocycles. The Labute approximate surface area is 235 Å². The van der Waals surface area contributed by atoms with Gasteiger partial charge in [-0.1, -0.05) is 35.5 Å². The molecule has 0 radical (unpaired) electrons. The fourth-order valence-electron chi connectivity index (χ4n) is 3.82. The quantitative estimate of drug-likeness (QED) is 0.258. The van der Waals surface area contributed by atoms with E-state index in [1.165, 1.54) is 18.5 Å². The van der Waals surface area contributed by atoms with Crippen molar-refractivity contribution in [3.63, 3.8) is 0 Å². The van der Waals surface area contributed by atoms with Gasteiger partial charge in [-0.3, -0.25) is 19.4 Å². The molecular weight excluding hydrogens is 565 g/mol. The van der Waals surface area contributed by atoms with Gasteiger partial charge in [-0.05, 0) is 30.2 Å². The number of pyridine rings is 2. The summed E-state index contributed by atoms with van der Waals surface area (Å²) in [6.45, 7) is -0.653. The van der Waals surface area contributed by atoms with Crippen LogP contribution < -0.4 is 16.2 Å². The van der Waals surface area contributed by atoms with E-state index < -0.39 is 41.1 Å². The first-order valence-electron chi connectivity index (χ1n) is 12.6. The summed E-state index contributed by atoms with van der Waals surface area (Å²) in [5, 5.41) is 12.1. The van der Waals surface area contributed by atoms with Crippen molar-refractivity contribution in [1.29, 1.82) is 0 Å². The Morgan fingerprint density at radius 2 is 1.81 bits per heavy atom. The van der Waals surface area contributed by atoms with Crippen LogP contribution in [-0.4, -0.2) is 42.5 Å². The lowest BCUT2D eigenvalue weighted by Gasteiger charge is -2.12. The number of alkyl halides is 4. The van der Waals surface area contributed by atoms with E-state index in [-0.39, 0.29) is 49.6 Å². The molecule has 3 heterocycles. The van der Waals surface area contributed by atoms with Crippen molar-refractivity contribution in [3.8, 4) is 0 Å². The lowest BCUT2D eigenvalue weighted by molar-refractivity contribution is -0.137. The highest BCUT2D eigenvalue weighted by molar-refractivity contribution is 5.92. The highest BCUT2D eigenvalue weighted by Crippen LogP contribution is 2.28. The first kappa shape index (κ1) is 30.0. The Hall–Kier alpha value is -4.95. The summed E-state index contributed by atoms with van der Waals surface area (Å²) < 4.78 is 69.2. The second kappa shape index (κ2) is 13.1. The number of anilines is 1. The van der Waals surface area contributed by atoms with Crippen molar-refractivity contribution in [2.75, 3.05) is 5.32 Å². The van der Waals surface area contributed by atoms with Gasteiger partial charge in [-0.2, -0.15) is 17.6 Å². The van der Waals surface area contributed by atoms with E-state index >= 15 is 0 Å². The monoisotopic (exact) mass is 589 g/mol. The lowest BCUT2D eigenvalue weighted by atomic mass is 10.1. The van der Waals surface area contributed by atoms with Gasteiger partial charge in [0.15, 0.2) is 5.69 Å². The number of nitrogens with one attached hydrogen (secondary N) is 2. The third kappa shape index (κ3) is 8.05. The molecular formula is C27H24F5N7O3. The Morgan fingerprint density at radius 1 is 1.05 bits per heavy atom. The van der Waals surface area contributed by atoms with Crippen molar-refractivity contribution in [1.82, 2.24) is 29.9 Å². The molecule has 2 amide bonds. The zero-order valence-corrected chi connectivity index (χ0v) is 21.8. The predicted octanol–water partition coefficient (Wildman–Crippen LogP) is 3.53. The number of hydrogen-bond donors (Lipinski definition) is 2. The maximum absolute atomic E-state index is 14.6. The van der Waals surface area contributed by atoms with Crippen molar-refractivity contribution in [2.24, 2.45) is 0 Å². The topological polar surface area (TPSA) is 124 Å². The average Bonchev–Trinajstić information content (AvgIpc) is 3.42. The van der Waals surface area contributed by atoms with E-state index in [0.29, 0.717) is 11.8 Å². The normalized spacial score (nSPS) is 12.1. The summed E-state index contributed by atoms with van der Waals surface area (Å²) in [7, 11) is 0. The van der Waals surface area contributed by atoms with Crippen molar-refractivity contribution in [2.45, 2.75) is 44.8 Å². The Kier molecular flexibility index (Phi) is 9.39. The summed E-state index contributed by atoms with van der Waals surface area (Å²) in [6, 6.07) is 12.0. The first-order valence-corrected chi connectivity index (χ1v) is 12.6. The van der Waals surface area contributed by atoms with Crippen LogP contribution >= 0.6 is 0 Å². The number of carbonyl (C=O) groups excluding carboxylic acids is 2. The van der Waals surface area contributed by atoms with Crippen molar-refractivity contribution >= 4 is 17.5 Å². The highest BCUT2D eigenvalue weighted by atomic mass is 19.4. The molecule has 4 aromatic rings. The molecule has 0 saturated carbocycles. The second-order valence-corrected chi connectivity index (χ2v) is 9.18. The minimum atomic E-state index is -4.53. The molecule has 1 atom stereocenters. The van der Waals surface area contributed by atoms with Gasteiger partial charge in [0.2, 0.25) is 11.7 Å². The maximum atomic E-state index is 14.6. The van der Waals surface area contributed by atoms with E-state index in [2.05, 4.69) is 25.9 Å². The minimum absolute atomic E-state index is 0.00504. The summed E-state index contributed by atoms with van der Waals surface area (Å²) in [5.74, 6) is -2.37. The van der Waals surface area contributed by atoms with E-state index in [9.17, 15) is 36.3 Å². The van der Waals surface area contributed by atoms with Crippen LogP contribution in [0.15, 0.2) is 71.9 Å². The van der Waals surface area contributed by atoms with Gasteiger partial charge in [-0.25, -0.2) is 9.07 Å². The summed E-state index contributed by atoms with van der Waals surface area (Å²) >= 11 is 0. The summed E-state index contributed by atoms with van der Waals surface area (Å²) in [6.07, 6.45) is -3.18. The number of aryl methyl sites for hydroxylation is 1. The molecule has 220 valence electrons. The van der Waals surface area contributed by atoms with Crippen LogP contribution in [-0.2, 0) is 37.0 Å². The lowest BCUT2D eigenvalue weighted by Crippen LogP contribution is -2.27. The van der Waals surface area contributed by atoms with E-state index in [0.717, 1.165) is 21.4 Å². The fraction of sp³-hybridized carbons (Fsp3) is 0.259. The minimum Gasteiger partial charge on any atom is -0.345 e. The molecule has 0 fully saturated rings. The summed E-state index contributed by atoms with van der Waals surface area (Å²) in [4.78, 5) is 40.5. The van der Waals surface area contributed by atoms with Crippen LogP contribution in [0.25, 0.3) is 0 Å². The molecule has 1 aromatic carbocycles. The van der Waals surface area contributed by atoms with Crippen LogP contribution in [0.3, 0.4) is 0 Å². The number of aromatic nitrogens is 5. The smallest absolute Gasteiger partial charge is 0.345 e. The number of amides is 2. The standard InChI is InChI=1S/C27H24F5N7O3/c28-19(8-10-38-11-9-21(24(29)26(38)42)35-23(40)12-17-4-2-1-3-5-17)15-39-16-22(36-37-39)25(41)34-14-20-7-6-18(13-33-20)27(30,31)32/h1-7,9,11,13,16,19H,8,10,12,14-15H2,(H,34,41)(H,35,40). The van der Waals surface area contributed by atoms with Crippen LogP contribution in [0.2, 0.25) is 0 Å². The molecule has 0 aliphatic rings.